The third kappa shape index (κ3) is 8.08. The smallest absolute Gasteiger partial charge is 0.264 e. The molecular formula is C34H36FN3O4S. The quantitative estimate of drug-likeness (QED) is 0.233. The highest BCUT2D eigenvalue weighted by Gasteiger charge is 2.35. The van der Waals surface area contributed by atoms with E-state index < -0.39 is 34.3 Å². The number of anilines is 1. The van der Waals surface area contributed by atoms with Gasteiger partial charge in [-0.3, -0.25) is 13.9 Å². The summed E-state index contributed by atoms with van der Waals surface area (Å²) in [4.78, 5) is 29.3. The van der Waals surface area contributed by atoms with Gasteiger partial charge >= 0.3 is 0 Å². The standard InChI is InChI=1S/C34H36FN3O4S/c1-25(2)36-34(40)32(22-27-14-6-4-7-15-27)37(23-28-16-12-13-26(3)21-28)33(39)24-38(31-20-11-10-19-30(31)35)43(41,42)29-17-8-5-9-18-29/h4-21,25,32H,22-24H2,1-3H3,(H,36,40). The zero-order valence-corrected chi connectivity index (χ0v) is 25.3. The Kier molecular flexibility index (Phi) is 10.3. The van der Waals surface area contributed by atoms with Crippen LogP contribution in [0.4, 0.5) is 10.1 Å². The predicted octanol–water partition coefficient (Wildman–Crippen LogP) is 5.49. The van der Waals surface area contributed by atoms with Crippen LogP contribution in [0, 0.1) is 12.7 Å². The molecule has 0 aromatic heterocycles. The van der Waals surface area contributed by atoms with Gasteiger partial charge in [-0.25, -0.2) is 12.8 Å². The Morgan fingerprint density at radius 3 is 2.05 bits per heavy atom. The second-order valence-electron chi connectivity index (χ2n) is 10.7. The molecule has 0 saturated heterocycles. The summed E-state index contributed by atoms with van der Waals surface area (Å²) < 4.78 is 43.7. The maximum Gasteiger partial charge on any atom is 0.264 e. The number of carbonyl (C=O) groups is 2. The first-order valence-electron chi connectivity index (χ1n) is 14.1. The molecule has 4 rings (SSSR count). The van der Waals surface area contributed by atoms with Crippen molar-refractivity contribution in [3.63, 3.8) is 0 Å². The Labute approximate surface area is 253 Å². The molecule has 0 spiro atoms. The van der Waals surface area contributed by atoms with Crippen LogP contribution in [0.15, 0.2) is 114 Å². The number of hydrogen-bond donors (Lipinski definition) is 1. The molecule has 0 aliphatic rings. The first-order chi connectivity index (χ1) is 20.6. The molecule has 0 bridgehead atoms. The number of amides is 2. The molecule has 0 saturated carbocycles. The summed E-state index contributed by atoms with van der Waals surface area (Å²) in [7, 11) is -4.36. The molecular weight excluding hydrogens is 565 g/mol. The van der Waals surface area contributed by atoms with Crippen molar-refractivity contribution in [2.24, 2.45) is 0 Å². The molecule has 4 aromatic rings. The molecule has 2 amide bonds. The number of sulfonamides is 1. The molecule has 1 unspecified atom stereocenters. The van der Waals surface area contributed by atoms with E-state index in [0.29, 0.717) is 0 Å². The lowest BCUT2D eigenvalue weighted by molar-refractivity contribution is -0.140. The highest BCUT2D eigenvalue weighted by Crippen LogP contribution is 2.27. The average molecular weight is 602 g/mol. The highest BCUT2D eigenvalue weighted by molar-refractivity contribution is 7.92. The monoisotopic (exact) mass is 601 g/mol. The highest BCUT2D eigenvalue weighted by atomic mass is 32.2. The molecule has 7 nitrogen and oxygen atoms in total. The van der Waals surface area contributed by atoms with E-state index in [4.69, 9.17) is 0 Å². The van der Waals surface area contributed by atoms with Gasteiger partial charge in [0, 0.05) is 19.0 Å². The number of carbonyl (C=O) groups excluding carboxylic acids is 2. The van der Waals surface area contributed by atoms with Gasteiger partial charge in [-0.05, 0) is 56.2 Å². The zero-order valence-electron chi connectivity index (χ0n) is 24.5. The fourth-order valence-electron chi connectivity index (χ4n) is 4.83. The summed E-state index contributed by atoms with van der Waals surface area (Å²) >= 11 is 0. The zero-order chi connectivity index (χ0) is 31.0. The molecule has 0 fully saturated rings. The van der Waals surface area contributed by atoms with Crippen molar-refractivity contribution in [1.29, 1.82) is 0 Å². The minimum atomic E-state index is -4.36. The van der Waals surface area contributed by atoms with E-state index in [2.05, 4.69) is 5.32 Å². The topological polar surface area (TPSA) is 86.8 Å². The van der Waals surface area contributed by atoms with E-state index in [1.165, 1.54) is 35.2 Å². The largest absolute Gasteiger partial charge is 0.352 e. The van der Waals surface area contributed by atoms with Crippen LogP contribution < -0.4 is 9.62 Å². The summed E-state index contributed by atoms with van der Waals surface area (Å²) in [6, 6.07) is 28.7. The molecule has 9 heteroatoms. The fourth-order valence-corrected chi connectivity index (χ4v) is 6.27. The van der Waals surface area contributed by atoms with Gasteiger partial charge in [0.2, 0.25) is 11.8 Å². The van der Waals surface area contributed by atoms with E-state index in [-0.39, 0.29) is 35.5 Å². The van der Waals surface area contributed by atoms with Gasteiger partial charge in [-0.1, -0.05) is 90.5 Å². The maximum atomic E-state index is 15.2. The van der Waals surface area contributed by atoms with Crippen molar-refractivity contribution in [2.75, 3.05) is 10.8 Å². The van der Waals surface area contributed by atoms with Crippen LogP contribution in [-0.2, 0) is 32.6 Å². The van der Waals surface area contributed by atoms with E-state index in [1.54, 1.807) is 18.2 Å². The Balaban J connectivity index is 1.81. The van der Waals surface area contributed by atoms with Gasteiger partial charge in [0.1, 0.15) is 18.4 Å². The van der Waals surface area contributed by atoms with Crippen molar-refractivity contribution >= 4 is 27.5 Å². The van der Waals surface area contributed by atoms with Crippen LogP contribution in [0.5, 0.6) is 0 Å². The normalized spacial score (nSPS) is 12.0. The number of aryl methyl sites for hydroxylation is 1. The Morgan fingerprint density at radius 1 is 0.814 bits per heavy atom. The minimum Gasteiger partial charge on any atom is -0.352 e. The Bertz CT molecular complexity index is 1650. The van der Waals surface area contributed by atoms with Crippen LogP contribution in [0.2, 0.25) is 0 Å². The Hall–Kier alpha value is -4.50. The predicted molar refractivity (Wildman–Crippen MR) is 166 cm³/mol. The fraction of sp³-hybridized carbons (Fsp3) is 0.235. The van der Waals surface area contributed by atoms with Crippen LogP contribution in [0.1, 0.15) is 30.5 Å². The summed E-state index contributed by atoms with van der Waals surface area (Å²) in [6.45, 7) is 4.91. The molecule has 4 aromatic carbocycles. The van der Waals surface area contributed by atoms with Gasteiger partial charge in [-0.15, -0.1) is 0 Å². The number of nitrogens with zero attached hydrogens (tertiary/aromatic N) is 2. The molecule has 1 N–H and O–H groups in total. The van der Waals surface area contributed by atoms with E-state index in [9.17, 15) is 18.0 Å². The van der Waals surface area contributed by atoms with Crippen molar-refractivity contribution in [3.05, 3.63) is 132 Å². The molecule has 224 valence electrons. The number of rotatable bonds is 12. The van der Waals surface area contributed by atoms with Crippen molar-refractivity contribution in [3.8, 4) is 0 Å². The van der Waals surface area contributed by atoms with E-state index in [1.807, 2.05) is 75.4 Å². The first-order valence-corrected chi connectivity index (χ1v) is 15.5. The SMILES string of the molecule is Cc1cccc(CN(C(=O)CN(c2ccccc2F)S(=O)(=O)c2ccccc2)C(Cc2ccccc2)C(=O)NC(C)C)c1. The molecule has 1 atom stereocenters. The summed E-state index contributed by atoms with van der Waals surface area (Å²) in [5, 5.41) is 2.92. The third-order valence-corrected chi connectivity index (χ3v) is 8.64. The lowest BCUT2D eigenvalue weighted by Crippen LogP contribution is -2.54. The summed E-state index contributed by atoms with van der Waals surface area (Å²) in [5.74, 6) is -1.81. The lowest BCUT2D eigenvalue weighted by Gasteiger charge is -2.34. The second-order valence-corrected chi connectivity index (χ2v) is 12.5. The van der Waals surface area contributed by atoms with E-state index >= 15 is 4.39 Å². The maximum absolute atomic E-state index is 15.2. The van der Waals surface area contributed by atoms with Crippen molar-refractivity contribution in [1.82, 2.24) is 10.2 Å². The number of benzene rings is 4. The van der Waals surface area contributed by atoms with Crippen LogP contribution in [0.3, 0.4) is 0 Å². The van der Waals surface area contributed by atoms with Gasteiger partial charge in [-0.2, -0.15) is 0 Å². The van der Waals surface area contributed by atoms with Gasteiger partial charge in [0.05, 0.1) is 10.6 Å². The lowest BCUT2D eigenvalue weighted by atomic mass is 10.0. The minimum absolute atomic E-state index is 0.0417. The van der Waals surface area contributed by atoms with Crippen molar-refractivity contribution < 1.29 is 22.4 Å². The molecule has 0 heterocycles. The average Bonchev–Trinajstić information content (AvgIpc) is 2.98. The number of para-hydroxylation sites is 1. The Morgan fingerprint density at radius 2 is 1.42 bits per heavy atom. The van der Waals surface area contributed by atoms with Crippen LogP contribution in [-0.4, -0.2) is 43.8 Å². The van der Waals surface area contributed by atoms with Gasteiger partial charge < -0.3 is 10.2 Å². The summed E-state index contributed by atoms with van der Waals surface area (Å²) in [5.41, 5.74) is 2.31. The van der Waals surface area contributed by atoms with Crippen LogP contribution in [0.25, 0.3) is 0 Å². The van der Waals surface area contributed by atoms with Crippen molar-refractivity contribution in [2.45, 2.75) is 50.7 Å². The second kappa shape index (κ2) is 14.1. The number of halogens is 1. The first kappa shape index (κ1) is 31.4. The molecule has 0 radical (unpaired) electrons. The number of hydrogen-bond acceptors (Lipinski definition) is 4. The third-order valence-electron chi connectivity index (χ3n) is 6.87. The molecule has 0 aliphatic carbocycles. The molecule has 43 heavy (non-hydrogen) atoms. The van der Waals surface area contributed by atoms with Gasteiger partial charge in [0.15, 0.2) is 0 Å². The molecule has 0 aliphatic heterocycles. The van der Waals surface area contributed by atoms with Crippen LogP contribution >= 0.6 is 0 Å². The number of nitrogens with one attached hydrogen (secondary N) is 1. The van der Waals surface area contributed by atoms with E-state index in [0.717, 1.165) is 27.1 Å². The summed E-state index contributed by atoms with van der Waals surface area (Å²) in [6.07, 6.45) is 0.197. The van der Waals surface area contributed by atoms with Gasteiger partial charge in [0.25, 0.3) is 10.0 Å².